The van der Waals surface area contributed by atoms with Crippen LogP contribution in [0.2, 0.25) is 0 Å². The Kier molecular flexibility index (Phi) is 9.39. The van der Waals surface area contributed by atoms with Crippen LogP contribution in [-0.4, -0.2) is 18.3 Å². The number of fused-ring (bicyclic) bond motifs is 2. The fourth-order valence-corrected chi connectivity index (χ4v) is 9.14. The van der Waals surface area contributed by atoms with Crippen LogP contribution in [0.1, 0.15) is 52.7 Å². The number of hydrogen-bond donors (Lipinski definition) is 0. The minimum Gasteiger partial charge on any atom is -0.458 e. The molecule has 8 aromatic carbocycles. The smallest absolute Gasteiger partial charge is 0.458 e. The number of anilines is 6. The fourth-order valence-electron chi connectivity index (χ4n) is 9.14. The molecule has 10 rings (SSSR count). The molecule has 0 amide bonds. The first-order valence-electron chi connectivity index (χ1n) is 21.2. The maximum atomic E-state index is 7.12. The van der Waals surface area contributed by atoms with Crippen molar-refractivity contribution in [2.24, 2.45) is 0 Å². The molecule has 0 unspecified atom stereocenters. The highest BCUT2D eigenvalue weighted by Gasteiger charge is 2.53. The second-order valence-electron chi connectivity index (χ2n) is 17.6. The molecular weight excluding hydrogens is 747 g/mol. The molecule has 1 heterocycles. The maximum absolute atomic E-state index is 7.12. The van der Waals surface area contributed by atoms with Crippen LogP contribution in [0.25, 0.3) is 21.9 Å². The molecule has 0 saturated carbocycles. The van der Waals surface area contributed by atoms with Crippen molar-refractivity contribution < 1.29 is 14.0 Å². The largest absolute Gasteiger partial charge is 0.500 e. The summed E-state index contributed by atoms with van der Waals surface area (Å²) in [7, 11) is -0.695. The summed E-state index contributed by atoms with van der Waals surface area (Å²) in [5.74, 6) is 1.41. The van der Waals surface area contributed by atoms with Gasteiger partial charge in [-0.15, -0.1) is 0 Å². The van der Waals surface area contributed by atoms with E-state index in [0.29, 0.717) is 5.75 Å². The normalized spacial score (nSPS) is 15.6. The Bertz CT molecular complexity index is 2790. The predicted molar refractivity (Wildman–Crippen MR) is 253 cm³/mol. The van der Waals surface area contributed by atoms with Crippen LogP contribution in [0.4, 0.5) is 34.1 Å². The summed E-state index contributed by atoms with van der Waals surface area (Å²) in [6, 6.07) is 66.3. The second-order valence-corrected chi connectivity index (χ2v) is 17.6. The Morgan fingerprint density at radius 3 is 1.49 bits per heavy atom. The van der Waals surface area contributed by atoms with Crippen LogP contribution >= 0.6 is 0 Å². The third-order valence-corrected chi connectivity index (χ3v) is 12.9. The van der Waals surface area contributed by atoms with Crippen molar-refractivity contribution in [3.63, 3.8) is 0 Å². The van der Waals surface area contributed by atoms with E-state index in [1.807, 2.05) is 18.2 Å². The number of ether oxygens (including phenoxy) is 1. The summed E-state index contributed by atoms with van der Waals surface area (Å²) in [5, 5.41) is 2.46. The predicted octanol–water partition coefficient (Wildman–Crippen LogP) is 14.2. The molecule has 0 bridgehead atoms. The van der Waals surface area contributed by atoms with Gasteiger partial charge in [0.25, 0.3) is 0 Å². The van der Waals surface area contributed by atoms with E-state index in [4.69, 9.17) is 14.0 Å². The first-order chi connectivity index (χ1) is 29.5. The zero-order chi connectivity index (χ0) is 41.9. The molecule has 0 aromatic heterocycles. The second kappa shape index (κ2) is 14.8. The quantitative estimate of drug-likeness (QED) is 0.136. The number of nitrogens with zero attached hydrogens (tertiary/aromatic N) is 2. The first-order valence-corrected chi connectivity index (χ1v) is 21.2. The summed E-state index contributed by atoms with van der Waals surface area (Å²) in [6.07, 6.45) is 0. The number of para-hydroxylation sites is 4. The summed E-state index contributed by atoms with van der Waals surface area (Å²) < 4.78 is 20.8. The van der Waals surface area contributed by atoms with Crippen LogP contribution in [0.15, 0.2) is 188 Å². The van der Waals surface area contributed by atoms with E-state index >= 15 is 0 Å². The summed E-state index contributed by atoms with van der Waals surface area (Å²) in [4.78, 5) is 4.62. The Labute approximate surface area is 359 Å². The van der Waals surface area contributed by atoms with Gasteiger partial charge in [-0.2, -0.15) is 0 Å². The highest BCUT2D eigenvalue weighted by molar-refractivity contribution is 6.65. The molecule has 1 fully saturated rings. The Hall–Kier alpha value is -6.60. The van der Waals surface area contributed by atoms with E-state index in [9.17, 15) is 0 Å². The molecule has 300 valence electrons. The van der Waals surface area contributed by atoms with Crippen LogP contribution in [0.5, 0.6) is 11.5 Å². The van der Waals surface area contributed by atoms with Crippen molar-refractivity contribution in [3.05, 3.63) is 199 Å². The molecule has 1 aliphatic carbocycles. The van der Waals surface area contributed by atoms with Crippen molar-refractivity contribution in [3.8, 4) is 22.6 Å². The van der Waals surface area contributed by atoms with Crippen molar-refractivity contribution in [2.75, 3.05) is 9.80 Å². The third kappa shape index (κ3) is 6.58. The first kappa shape index (κ1) is 38.6. The van der Waals surface area contributed by atoms with Gasteiger partial charge < -0.3 is 23.8 Å². The van der Waals surface area contributed by atoms with Gasteiger partial charge in [0, 0.05) is 44.7 Å². The Morgan fingerprint density at radius 2 is 0.951 bits per heavy atom. The molecule has 2 aliphatic rings. The molecular formula is C55H49BN2O3. The van der Waals surface area contributed by atoms with Gasteiger partial charge in [0.2, 0.25) is 0 Å². The third-order valence-electron chi connectivity index (χ3n) is 12.9. The van der Waals surface area contributed by atoms with Gasteiger partial charge in [-0.05, 0) is 134 Å². The lowest BCUT2D eigenvalue weighted by molar-refractivity contribution is 0.00578. The van der Waals surface area contributed by atoms with Crippen molar-refractivity contribution in [2.45, 2.75) is 58.2 Å². The van der Waals surface area contributed by atoms with Gasteiger partial charge in [-0.25, -0.2) is 0 Å². The van der Waals surface area contributed by atoms with Crippen molar-refractivity contribution >= 4 is 57.5 Å². The Morgan fingerprint density at radius 1 is 0.443 bits per heavy atom. The van der Waals surface area contributed by atoms with E-state index in [2.05, 4.69) is 221 Å². The van der Waals surface area contributed by atoms with Gasteiger partial charge in [0.1, 0.15) is 11.5 Å². The fraction of sp³-hybridized carbons (Fsp3) is 0.164. The zero-order valence-corrected chi connectivity index (χ0v) is 35.6. The number of benzene rings is 8. The monoisotopic (exact) mass is 796 g/mol. The van der Waals surface area contributed by atoms with Crippen LogP contribution in [0, 0.1) is 0 Å². The number of hydrogen-bond acceptors (Lipinski definition) is 5. The van der Waals surface area contributed by atoms with Gasteiger partial charge in [0.05, 0.1) is 16.9 Å². The average Bonchev–Trinajstić information content (AvgIpc) is 3.50. The molecule has 1 saturated heterocycles. The molecule has 5 nitrogen and oxygen atoms in total. The zero-order valence-electron chi connectivity index (χ0n) is 35.6. The van der Waals surface area contributed by atoms with Gasteiger partial charge in [-0.1, -0.05) is 123 Å². The standard InChI is InChI=1S/C55H49BN2O3/c1-53(2)46-35-33-42(37-45(46)43-34-36-48(44-29-19-30-47(53)51(43)44)57(38-21-11-7-12-22-38)39-23-13-8-14-24-39)59-50-32-20-31-49(52(50)56-60-54(3,4)55(5,6)61-56)58(40-25-15-9-16-26-40)41-27-17-10-18-28-41/h7-37H,1-6H3. The van der Waals surface area contributed by atoms with E-state index in [1.165, 1.54) is 27.5 Å². The number of rotatable bonds is 9. The van der Waals surface area contributed by atoms with Crippen LogP contribution in [-0.2, 0) is 14.7 Å². The highest BCUT2D eigenvalue weighted by atomic mass is 16.7. The van der Waals surface area contributed by atoms with Gasteiger partial charge in [-0.3, -0.25) is 0 Å². The molecule has 61 heavy (non-hydrogen) atoms. The average molecular weight is 797 g/mol. The molecule has 0 spiro atoms. The molecule has 1 aliphatic heterocycles. The van der Waals surface area contributed by atoms with Gasteiger partial charge in [0.15, 0.2) is 0 Å². The highest BCUT2D eigenvalue weighted by Crippen LogP contribution is 2.53. The van der Waals surface area contributed by atoms with Crippen LogP contribution in [0.3, 0.4) is 0 Å². The molecule has 0 atom stereocenters. The van der Waals surface area contributed by atoms with Gasteiger partial charge >= 0.3 is 7.12 Å². The topological polar surface area (TPSA) is 34.2 Å². The lowest BCUT2D eigenvalue weighted by atomic mass is 9.68. The molecule has 0 radical (unpaired) electrons. The molecule has 8 aromatic rings. The van der Waals surface area contributed by atoms with E-state index < -0.39 is 18.3 Å². The minimum atomic E-state index is -0.695. The molecule has 0 N–H and O–H groups in total. The summed E-state index contributed by atoms with van der Waals surface area (Å²) in [6.45, 7) is 13.0. The van der Waals surface area contributed by atoms with Crippen molar-refractivity contribution in [1.29, 1.82) is 0 Å². The van der Waals surface area contributed by atoms with E-state index in [1.54, 1.807) is 0 Å². The summed E-state index contributed by atoms with van der Waals surface area (Å²) >= 11 is 0. The SMILES string of the molecule is CC1(C)c2ccc(Oc3cccc(N(c4ccccc4)c4ccccc4)c3B3OC(C)(C)C(C)(C)O3)cc2-c2ccc(N(c3ccccc3)c3ccccc3)c3cccc1c23. The lowest BCUT2D eigenvalue weighted by Crippen LogP contribution is -2.41. The minimum absolute atomic E-state index is 0.275. The van der Waals surface area contributed by atoms with Crippen LogP contribution < -0.4 is 20.0 Å². The summed E-state index contributed by atoms with van der Waals surface area (Å²) in [5.41, 5.74) is 10.6. The molecule has 6 heteroatoms. The van der Waals surface area contributed by atoms with E-state index in [0.717, 1.165) is 50.9 Å². The van der Waals surface area contributed by atoms with Crippen molar-refractivity contribution in [1.82, 2.24) is 0 Å². The Balaban J connectivity index is 1.13. The lowest BCUT2D eigenvalue weighted by Gasteiger charge is -2.36. The maximum Gasteiger partial charge on any atom is 0.500 e. The van der Waals surface area contributed by atoms with E-state index in [-0.39, 0.29) is 5.41 Å².